The molecule has 0 aromatic rings. The molecular formula is C9H19NO3S. The predicted octanol–water partition coefficient (Wildman–Crippen LogP) is 0.109. The minimum Gasteiger partial charge on any atom is -0.468 e. The topological polar surface area (TPSA) is 58.6 Å². The number of hydrogen-bond donors (Lipinski definition) is 2. The molecule has 0 amide bonds. The van der Waals surface area contributed by atoms with Crippen LogP contribution in [0.15, 0.2) is 0 Å². The van der Waals surface area contributed by atoms with Crippen LogP contribution < -0.4 is 5.32 Å². The Balaban J connectivity index is 3.68. The third kappa shape index (κ3) is 5.47. The molecule has 2 N–H and O–H groups in total. The van der Waals surface area contributed by atoms with E-state index in [9.17, 15) is 4.79 Å². The fraction of sp³-hybridized carbons (Fsp3) is 0.889. The first-order valence-electron chi connectivity index (χ1n) is 4.59. The van der Waals surface area contributed by atoms with Crippen LogP contribution in [0.25, 0.3) is 0 Å². The van der Waals surface area contributed by atoms with Crippen LogP contribution in [-0.2, 0) is 9.53 Å². The molecule has 84 valence electrons. The number of rotatable bonds is 7. The number of hydrogen-bond acceptors (Lipinski definition) is 5. The number of nitrogens with one attached hydrogen (secondary N) is 1. The number of aliphatic hydroxyl groups excluding tert-OH is 1. The van der Waals surface area contributed by atoms with Gasteiger partial charge in [0.05, 0.1) is 7.11 Å². The third-order valence-electron chi connectivity index (χ3n) is 1.83. The van der Waals surface area contributed by atoms with Gasteiger partial charge in [0, 0.05) is 12.4 Å². The van der Waals surface area contributed by atoms with Crippen LogP contribution in [0, 0.1) is 5.92 Å². The molecule has 4 nitrogen and oxygen atoms in total. The van der Waals surface area contributed by atoms with Crippen molar-refractivity contribution >= 4 is 17.7 Å². The summed E-state index contributed by atoms with van der Waals surface area (Å²) in [5.74, 6) is 1.56. The number of methoxy groups -OCH3 is 1. The second-order valence-electron chi connectivity index (χ2n) is 3.19. The van der Waals surface area contributed by atoms with Crippen LogP contribution >= 0.6 is 11.8 Å². The molecule has 0 saturated heterocycles. The monoisotopic (exact) mass is 221 g/mol. The van der Waals surface area contributed by atoms with Crippen molar-refractivity contribution in [1.29, 1.82) is 0 Å². The molecule has 0 aliphatic rings. The van der Waals surface area contributed by atoms with Gasteiger partial charge in [-0.15, -0.1) is 0 Å². The maximum atomic E-state index is 11.1. The Labute approximate surface area is 89.4 Å². The van der Waals surface area contributed by atoms with Crippen molar-refractivity contribution in [2.24, 2.45) is 5.92 Å². The highest BCUT2D eigenvalue weighted by Crippen LogP contribution is 2.09. The standard InChI is InChI=1S/C9H19NO3S/c1-7(4-11)5-14-6-8(10-2)9(12)13-3/h7-8,10-11H,4-6H2,1-3H3. The highest BCUT2D eigenvalue weighted by Gasteiger charge is 2.16. The fourth-order valence-corrected chi connectivity index (χ4v) is 2.03. The Bertz CT molecular complexity index is 166. The van der Waals surface area contributed by atoms with Gasteiger partial charge in [0.1, 0.15) is 6.04 Å². The molecule has 0 aliphatic carbocycles. The van der Waals surface area contributed by atoms with Crippen LogP contribution in [0.1, 0.15) is 6.92 Å². The summed E-state index contributed by atoms with van der Waals surface area (Å²) in [6.45, 7) is 2.16. The summed E-state index contributed by atoms with van der Waals surface area (Å²) >= 11 is 1.64. The van der Waals surface area contributed by atoms with Gasteiger partial charge in [-0.05, 0) is 18.7 Å². The highest BCUT2D eigenvalue weighted by atomic mass is 32.2. The van der Waals surface area contributed by atoms with Crippen molar-refractivity contribution < 1.29 is 14.6 Å². The van der Waals surface area contributed by atoms with E-state index in [1.807, 2.05) is 6.92 Å². The Morgan fingerprint density at radius 2 is 2.21 bits per heavy atom. The molecule has 0 spiro atoms. The van der Waals surface area contributed by atoms with Crippen molar-refractivity contribution in [3.63, 3.8) is 0 Å². The van der Waals surface area contributed by atoms with Crippen molar-refractivity contribution in [3.05, 3.63) is 0 Å². The largest absolute Gasteiger partial charge is 0.468 e. The Morgan fingerprint density at radius 1 is 1.57 bits per heavy atom. The first-order valence-corrected chi connectivity index (χ1v) is 5.74. The maximum absolute atomic E-state index is 11.1. The van der Waals surface area contributed by atoms with E-state index < -0.39 is 0 Å². The SMILES string of the molecule is CNC(CSCC(C)CO)C(=O)OC. The molecule has 2 atom stereocenters. The predicted molar refractivity (Wildman–Crippen MR) is 58.4 cm³/mol. The summed E-state index contributed by atoms with van der Waals surface area (Å²) in [5, 5.41) is 11.7. The summed E-state index contributed by atoms with van der Waals surface area (Å²) in [6.07, 6.45) is 0. The zero-order chi connectivity index (χ0) is 11.0. The maximum Gasteiger partial charge on any atom is 0.323 e. The van der Waals surface area contributed by atoms with Crippen LogP contribution in [0.3, 0.4) is 0 Å². The van der Waals surface area contributed by atoms with Gasteiger partial charge in [-0.2, -0.15) is 11.8 Å². The highest BCUT2D eigenvalue weighted by molar-refractivity contribution is 7.99. The number of carbonyl (C=O) groups excluding carboxylic acids is 1. The van der Waals surface area contributed by atoms with E-state index in [1.54, 1.807) is 18.8 Å². The number of carbonyl (C=O) groups is 1. The van der Waals surface area contributed by atoms with Crippen LogP contribution in [-0.4, -0.2) is 49.4 Å². The van der Waals surface area contributed by atoms with Gasteiger partial charge in [-0.25, -0.2) is 0 Å². The second-order valence-corrected chi connectivity index (χ2v) is 4.26. The molecule has 2 unspecified atom stereocenters. The van der Waals surface area contributed by atoms with Crippen LogP contribution in [0.2, 0.25) is 0 Å². The number of aliphatic hydroxyl groups is 1. The van der Waals surface area contributed by atoms with Crippen molar-refractivity contribution in [1.82, 2.24) is 5.32 Å². The zero-order valence-electron chi connectivity index (χ0n) is 8.95. The molecule has 0 saturated carbocycles. The van der Waals surface area contributed by atoms with Gasteiger partial charge >= 0.3 is 5.97 Å². The van der Waals surface area contributed by atoms with E-state index in [-0.39, 0.29) is 24.5 Å². The average molecular weight is 221 g/mol. The number of thioether (sulfide) groups is 1. The molecule has 0 rings (SSSR count). The van der Waals surface area contributed by atoms with E-state index >= 15 is 0 Å². The molecule has 0 aromatic carbocycles. The van der Waals surface area contributed by atoms with Gasteiger partial charge in [0.25, 0.3) is 0 Å². The Hall–Kier alpha value is -0.260. The molecule has 0 aromatic heterocycles. The van der Waals surface area contributed by atoms with Crippen LogP contribution in [0.5, 0.6) is 0 Å². The summed E-state index contributed by atoms with van der Waals surface area (Å²) < 4.78 is 4.62. The van der Waals surface area contributed by atoms with Gasteiger partial charge in [0.15, 0.2) is 0 Å². The van der Waals surface area contributed by atoms with Gasteiger partial charge < -0.3 is 15.2 Å². The molecule has 0 bridgehead atoms. The lowest BCUT2D eigenvalue weighted by Crippen LogP contribution is -2.37. The van der Waals surface area contributed by atoms with Crippen LogP contribution in [0.4, 0.5) is 0 Å². The van der Waals surface area contributed by atoms with Gasteiger partial charge in [-0.1, -0.05) is 6.92 Å². The minimum absolute atomic E-state index is 0.190. The lowest BCUT2D eigenvalue weighted by atomic mass is 10.2. The van der Waals surface area contributed by atoms with Crippen molar-refractivity contribution in [3.8, 4) is 0 Å². The third-order valence-corrected chi connectivity index (χ3v) is 3.21. The first-order chi connectivity index (χ1) is 6.65. The number of esters is 1. The summed E-state index contributed by atoms with van der Waals surface area (Å²) in [5.41, 5.74) is 0. The lowest BCUT2D eigenvalue weighted by molar-refractivity contribution is -0.142. The zero-order valence-corrected chi connectivity index (χ0v) is 9.76. The Morgan fingerprint density at radius 3 is 2.64 bits per heavy atom. The van der Waals surface area contributed by atoms with Crippen molar-refractivity contribution in [2.75, 3.05) is 32.3 Å². The number of ether oxygens (including phenoxy) is 1. The number of likely N-dealkylation sites (N-methyl/N-ethyl adjacent to an activating group) is 1. The van der Waals surface area contributed by atoms with E-state index in [0.717, 1.165) is 5.75 Å². The molecule has 0 radical (unpaired) electrons. The summed E-state index contributed by atoms with van der Waals surface area (Å²) in [6, 6.07) is -0.254. The molecule has 14 heavy (non-hydrogen) atoms. The average Bonchev–Trinajstić information content (AvgIpc) is 2.22. The summed E-state index contributed by atoms with van der Waals surface area (Å²) in [7, 11) is 3.12. The van der Waals surface area contributed by atoms with E-state index in [1.165, 1.54) is 7.11 Å². The molecular weight excluding hydrogens is 202 g/mol. The summed E-state index contributed by atoms with van der Waals surface area (Å²) in [4.78, 5) is 11.1. The van der Waals surface area contributed by atoms with E-state index in [4.69, 9.17) is 5.11 Å². The van der Waals surface area contributed by atoms with E-state index in [2.05, 4.69) is 10.1 Å². The minimum atomic E-state index is -0.254. The smallest absolute Gasteiger partial charge is 0.323 e. The second kappa shape index (κ2) is 8.08. The lowest BCUT2D eigenvalue weighted by Gasteiger charge is -2.14. The van der Waals surface area contributed by atoms with E-state index in [0.29, 0.717) is 5.75 Å². The molecule has 0 heterocycles. The Kier molecular flexibility index (Phi) is 7.93. The fourth-order valence-electron chi connectivity index (χ4n) is 0.851. The van der Waals surface area contributed by atoms with Gasteiger partial charge in [0.2, 0.25) is 0 Å². The molecule has 0 fully saturated rings. The first kappa shape index (κ1) is 13.7. The molecule has 0 aliphatic heterocycles. The molecule has 5 heteroatoms. The quantitative estimate of drug-likeness (QED) is 0.598. The van der Waals surface area contributed by atoms with Gasteiger partial charge in [-0.3, -0.25) is 4.79 Å². The normalized spacial score (nSPS) is 14.9. The van der Waals surface area contributed by atoms with Crippen molar-refractivity contribution in [2.45, 2.75) is 13.0 Å².